The van der Waals surface area contributed by atoms with Crippen molar-refractivity contribution in [3.63, 3.8) is 0 Å². The number of aromatic hydroxyl groups is 1. The molecule has 0 saturated heterocycles. The van der Waals surface area contributed by atoms with Crippen LogP contribution in [0.3, 0.4) is 0 Å². The summed E-state index contributed by atoms with van der Waals surface area (Å²) in [6, 6.07) is 11.9. The third-order valence-corrected chi connectivity index (χ3v) is 4.85. The molecule has 1 saturated carbocycles. The summed E-state index contributed by atoms with van der Waals surface area (Å²) in [4.78, 5) is 22.5. The number of hydrogen-bond acceptors (Lipinski definition) is 4. The highest BCUT2D eigenvalue weighted by atomic mass is 16.6. The lowest BCUT2D eigenvalue weighted by Gasteiger charge is -2.22. The van der Waals surface area contributed by atoms with Gasteiger partial charge in [0.15, 0.2) is 5.75 Å². The van der Waals surface area contributed by atoms with Crippen molar-refractivity contribution in [2.45, 2.75) is 44.4 Å². The van der Waals surface area contributed by atoms with Gasteiger partial charge >= 0.3 is 5.69 Å². The van der Waals surface area contributed by atoms with E-state index in [1.807, 2.05) is 18.2 Å². The van der Waals surface area contributed by atoms with E-state index in [9.17, 15) is 20.0 Å². The van der Waals surface area contributed by atoms with E-state index in [0.717, 1.165) is 5.69 Å². The van der Waals surface area contributed by atoms with Crippen LogP contribution in [-0.4, -0.2) is 15.9 Å². The maximum Gasteiger partial charge on any atom is 0.310 e. The predicted molar refractivity (Wildman–Crippen MR) is 99.4 cm³/mol. The summed E-state index contributed by atoms with van der Waals surface area (Å²) in [5, 5.41) is 23.2. The van der Waals surface area contributed by atoms with Gasteiger partial charge in [0.25, 0.3) is 0 Å². The number of nitro benzene ring substituents is 1. The molecular weight excluding hydrogens is 332 g/mol. The van der Waals surface area contributed by atoms with Crippen LogP contribution in [0.25, 0.3) is 0 Å². The molecule has 0 aliphatic heterocycles. The average molecular weight is 354 g/mol. The first kappa shape index (κ1) is 17.9. The lowest BCUT2D eigenvalue weighted by molar-refractivity contribution is -0.385. The molecule has 1 amide bonds. The fraction of sp³-hybridized carbons (Fsp3) is 0.350. The van der Waals surface area contributed by atoms with Gasteiger partial charge in [0.2, 0.25) is 5.91 Å². The molecule has 0 aromatic heterocycles. The van der Waals surface area contributed by atoms with E-state index in [1.54, 1.807) is 0 Å². The number of carbonyl (C=O) groups excluding carboxylic acids is 1. The van der Waals surface area contributed by atoms with Gasteiger partial charge in [-0.25, -0.2) is 0 Å². The Labute approximate surface area is 152 Å². The van der Waals surface area contributed by atoms with Crippen molar-refractivity contribution in [2.75, 3.05) is 5.32 Å². The van der Waals surface area contributed by atoms with Crippen molar-refractivity contribution < 1.29 is 14.8 Å². The summed E-state index contributed by atoms with van der Waals surface area (Å²) in [5.74, 6) is -0.0922. The Morgan fingerprint density at radius 3 is 2.65 bits per heavy atom. The van der Waals surface area contributed by atoms with Crippen molar-refractivity contribution in [2.24, 2.45) is 0 Å². The lowest BCUT2D eigenvalue weighted by Crippen LogP contribution is -2.15. The lowest BCUT2D eigenvalue weighted by atomic mass is 9.84. The maximum absolute atomic E-state index is 12.3. The van der Waals surface area contributed by atoms with Crippen LogP contribution in [0.15, 0.2) is 42.5 Å². The number of rotatable bonds is 5. The Kier molecular flexibility index (Phi) is 5.51. The van der Waals surface area contributed by atoms with Crippen molar-refractivity contribution in [1.82, 2.24) is 0 Å². The fourth-order valence-electron chi connectivity index (χ4n) is 3.52. The highest BCUT2D eigenvalue weighted by molar-refractivity contribution is 5.92. The standard InChI is InChI=1S/C20H22N2O4/c23-19-10-9-14(11-18(19)22(25)26)12-20(24)21-17-8-4-7-16(13-17)15-5-2-1-3-6-15/h4,7-11,13,15,23H,1-3,5-6,12H2,(H,21,24). The summed E-state index contributed by atoms with van der Waals surface area (Å²) in [6.07, 6.45) is 6.19. The second-order valence-electron chi connectivity index (χ2n) is 6.77. The molecule has 0 spiro atoms. The van der Waals surface area contributed by atoms with Gasteiger partial charge in [-0.15, -0.1) is 0 Å². The molecule has 1 fully saturated rings. The number of nitrogens with one attached hydrogen (secondary N) is 1. The van der Waals surface area contributed by atoms with Gasteiger partial charge in [-0.05, 0) is 48.1 Å². The van der Waals surface area contributed by atoms with Gasteiger partial charge in [0, 0.05) is 11.8 Å². The first-order valence-electron chi connectivity index (χ1n) is 8.89. The van der Waals surface area contributed by atoms with Crippen LogP contribution in [0.4, 0.5) is 11.4 Å². The number of phenolic OH excluding ortho intramolecular Hbond substituents is 1. The predicted octanol–water partition coefficient (Wildman–Crippen LogP) is 4.53. The van der Waals surface area contributed by atoms with Crippen LogP contribution >= 0.6 is 0 Å². The van der Waals surface area contributed by atoms with Gasteiger partial charge < -0.3 is 10.4 Å². The maximum atomic E-state index is 12.3. The van der Waals surface area contributed by atoms with Crippen LogP contribution in [-0.2, 0) is 11.2 Å². The minimum atomic E-state index is -0.662. The minimum absolute atomic E-state index is 0.00871. The molecule has 1 aliphatic carbocycles. The molecule has 3 rings (SSSR count). The Balaban J connectivity index is 1.66. The van der Waals surface area contributed by atoms with E-state index in [0.29, 0.717) is 11.5 Å². The molecule has 2 N–H and O–H groups in total. The molecule has 136 valence electrons. The van der Waals surface area contributed by atoms with Gasteiger partial charge in [0.1, 0.15) is 0 Å². The van der Waals surface area contributed by atoms with E-state index >= 15 is 0 Å². The van der Waals surface area contributed by atoms with Crippen LogP contribution < -0.4 is 5.32 Å². The zero-order valence-electron chi connectivity index (χ0n) is 14.5. The van der Waals surface area contributed by atoms with E-state index in [1.165, 1.54) is 55.9 Å². The van der Waals surface area contributed by atoms with Crippen molar-refractivity contribution in [3.05, 3.63) is 63.7 Å². The van der Waals surface area contributed by atoms with E-state index in [-0.39, 0.29) is 12.3 Å². The average Bonchev–Trinajstić information content (AvgIpc) is 2.64. The van der Waals surface area contributed by atoms with E-state index in [4.69, 9.17) is 0 Å². The first-order valence-corrected chi connectivity index (χ1v) is 8.89. The first-order chi connectivity index (χ1) is 12.5. The topological polar surface area (TPSA) is 92.5 Å². The largest absolute Gasteiger partial charge is 0.502 e. The van der Waals surface area contributed by atoms with Gasteiger partial charge in [-0.1, -0.05) is 37.5 Å². The number of anilines is 1. The summed E-state index contributed by atoms with van der Waals surface area (Å²) in [7, 11) is 0. The molecule has 26 heavy (non-hydrogen) atoms. The Hall–Kier alpha value is -2.89. The molecule has 0 radical (unpaired) electrons. The molecule has 0 unspecified atom stereocenters. The summed E-state index contributed by atoms with van der Waals surface area (Å²) in [6.45, 7) is 0. The quantitative estimate of drug-likeness (QED) is 0.609. The highest BCUT2D eigenvalue weighted by Crippen LogP contribution is 2.33. The van der Waals surface area contributed by atoms with Crippen molar-refractivity contribution >= 4 is 17.3 Å². The second kappa shape index (κ2) is 7.99. The molecule has 0 atom stereocenters. The number of hydrogen-bond donors (Lipinski definition) is 2. The minimum Gasteiger partial charge on any atom is -0.502 e. The van der Waals surface area contributed by atoms with Crippen LogP contribution in [0.1, 0.15) is 49.1 Å². The molecule has 2 aromatic rings. The second-order valence-corrected chi connectivity index (χ2v) is 6.77. The van der Waals surface area contributed by atoms with Gasteiger partial charge in [-0.2, -0.15) is 0 Å². The number of benzene rings is 2. The number of amides is 1. The van der Waals surface area contributed by atoms with Crippen LogP contribution in [0.5, 0.6) is 5.75 Å². The third kappa shape index (κ3) is 4.39. The molecule has 0 heterocycles. The SMILES string of the molecule is O=C(Cc1ccc(O)c([N+](=O)[O-])c1)Nc1cccc(C2CCCCC2)c1. The number of phenols is 1. The number of nitrogens with zero attached hydrogens (tertiary/aromatic N) is 1. The summed E-state index contributed by atoms with van der Waals surface area (Å²) in [5.41, 5.74) is 2.08. The Morgan fingerprint density at radius 1 is 1.15 bits per heavy atom. The Morgan fingerprint density at radius 2 is 1.92 bits per heavy atom. The number of nitro groups is 1. The number of carbonyl (C=O) groups is 1. The van der Waals surface area contributed by atoms with Gasteiger partial charge in [0.05, 0.1) is 11.3 Å². The van der Waals surface area contributed by atoms with Crippen LogP contribution in [0, 0.1) is 10.1 Å². The van der Waals surface area contributed by atoms with E-state index < -0.39 is 16.4 Å². The molecule has 1 aliphatic rings. The summed E-state index contributed by atoms with van der Waals surface area (Å²) >= 11 is 0. The van der Waals surface area contributed by atoms with Crippen LogP contribution in [0.2, 0.25) is 0 Å². The smallest absolute Gasteiger partial charge is 0.310 e. The van der Waals surface area contributed by atoms with Crippen molar-refractivity contribution in [3.8, 4) is 5.75 Å². The fourth-order valence-corrected chi connectivity index (χ4v) is 3.52. The molecule has 2 aromatic carbocycles. The third-order valence-electron chi connectivity index (χ3n) is 4.85. The Bertz CT molecular complexity index is 813. The summed E-state index contributed by atoms with van der Waals surface area (Å²) < 4.78 is 0. The molecular formula is C20H22N2O4. The van der Waals surface area contributed by atoms with Gasteiger partial charge in [-0.3, -0.25) is 14.9 Å². The molecule has 0 bridgehead atoms. The molecule has 6 nitrogen and oxygen atoms in total. The van der Waals surface area contributed by atoms with E-state index in [2.05, 4.69) is 11.4 Å². The zero-order valence-corrected chi connectivity index (χ0v) is 14.5. The van der Waals surface area contributed by atoms with Crippen molar-refractivity contribution in [1.29, 1.82) is 0 Å². The monoisotopic (exact) mass is 354 g/mol. The zero-order chi connectivity index (χ0) is 18.5. The normalized spacial score (nSPS) is 14.8. The highest BCUT2D eigenvalue weighted by Gasteiger charge is 2.17. The molecule has 6 heteroatoms.